The normalized spacial score (nSPS) is 10.1. The van der Waals surface area contributed by atoms with Crippen LogP contribution in [0.2, 0.25) is 0 Å². The highest BCUT2D eigenvalue weighted by Crippen LogP contribution is 2.25. The van der Waals surface area contributed by atoms with Crippen molar-refractivity contribution in [3.8, 4) is 0 Å². The molecule has 1 aromatic heterocycles. The number of hydrogen-bond acceptors (Lipinski definition) is 1. The summed E-state index contributed by atoms with van der Waals surface area (Å²) in [7, 11) is 0. The van der Waals surface area contributed by atoms with Crippen LogP contribution >= 0.6 is 28.6 Å². The predicted octanol–water partition coefficient (Wildman–Crippen LogP) is 5.35. The molecule has 98 valence electrons. The van der Waals surface area contributed by atoms with E-state index in [1.165, 1.54) is 11.6 Å². The number of aromatic amines is 1. The molecule has 4 heteroatoms. The van der Waals surface area contributed by atoms with Gasteiger partial charge in [-0.15, -0.1) is 12.6 Å². The van der Waals surface area contributed by atoms with E-state index in [1.54, 1.807) is 12.3 Å². The van der Waals surface area contributed by atoms with Crippen LogP contribution < -0.4 is 0 Å². The molecule has 0 bridgehead atoms. The number of H-pyrrole nitrogens is 1. The lowest BCUT2D eigenvalue weighted by atomic mass is 10.2. The molecule has 1 nitrogen and oxygen atoms in total. The predicted molar refractivity (Wildman–Crippen MR) is 84.4 cm³/mol. The average Bonchev–Trinajstić information content (AvgIpc) is 2.77. The first-order valence-electron chi connectivity index (χ1n) is 5.74. The van der Waals surface area contributed by atoms with Gasteiger partial charge in [0.2, 0.25) is 0 Å². The van der Waals surface area contributed by atoms with E-state index in [0.717, 1.165) is 14.9 Å². The van der Waals surface area contributed by atoms with Crippen molar-refractivity contribution in [2.24, 2.45) is 0 Å². The summed E-state index contributed by atoms with van der Waals surface area (Å²) in [5.74, 6) is -0.198. The largest absolute Gasteiger partial charge is 0.360 e. The Hall–Kier alpha value is -1.26. The van der Waals surface area contributed by atoms with E-state index in [4.69, 9.17) is 0 Å². The molecule has 0 aliphatic rings. The number of rotatable bonds is 0. The van der Waals surface area contributed by atoms with Crippen molar-refractivity contribution in [2.45, 2.75) is 11.8 Å². The van der Waals surface area contributed by atoms with Gasteiger partial charge in [0.15, 0.2) is 0 Å². The molecule has 0 radical (unpaired) electrons. The Morgan fingerprint density at radius 3 is 2.37 bits per heavy atom. The minimum Gasteiger partial charge on any atom is -0.360 e. The average molecular weight is 338 g/mol. The molecule has 0 spiro atoms. The second-order valence-electron chi connectivity index (χ2n) is 4.13. The van der Waals surface area contributed by atoms with E-state index in [9.17, 15) is 4.39 Å². The molecule has 0 fully saturated rings. The lowest BCUT2D eigenvalue weighted by molar-refractivity contribution is 0.639. The zero-order valence-corrected chi connectivity index (χ0v) is 12.8. The summed E-state index contributed by atoms with van der Waals surface area (Å²) >= 11 is 7.38. The quantitative estimate of drug-likeness (QED) is 0.514. The molecule has 0 aliphatic carbocycles. The zero-order valence-electron chi connectivity index (χ0n) is 10.3. The van der Waals surface area contributed by atoms with Crippen LogP contribution in [0.4, 0.5) is 4.39 Å². The highest BCUT2D eigenvalue weighted by Gasteiger charge is 2.04. The molecule has 1 N–H and O–H groups in total. The summed E-state index contributed by atoms with van der Waals surface area (Å²) in [4.78, 5) is 3.97. The number of nitrogens with one attached hydrogen (secondary N) is 1. The van der Waals surface area contributed by atoms with Gasteiger partial charge < -0.3 is 4.98 Å². The van der Waals surface area contributed by atoms with Gasteiger partial charge in [-0.05, 0) is 47.1 Å². The van der Waals surface area contributed by atoms with Crippen LogP contribution in [0.25, 0.3) is 10.9 Å². The SMILES string of the molecule is Cc1ccc(S)cc1.Fc1cccc2[nH]cc(Br)c12. The van der Waals surface area contributed by atoms with E-state index in [1.807, 2.05) is 30.3 Å². The van der Waals surface area contributed by atoms with Crippen LogP contribution in [0, 0.1) is 12.7 Å². The fourth-order valence-electron chi connectivity index (χ4n) is 1.65. The van der Waals surface area contributed by atoms with Gasteiger partial charge >= 0.3 is 0 Å². The molecule has 0 atom stereocenters. The fourth-order valence-corrected chi connectivity index (χ4v) is 2.31. The number of aryl methyl sites for hydroxylation is 1. The van der Waals surface area contributed by atoms with Gasteiger partial charge in [-0.3, -0.25) is 0 Å². The van der Waals surface area contributed by atoms with Crippen LogP contribution in [0.1, 0.15) is 5.56 Å². The molecule has 0 saturated heterocycles. The minimum atomic E-state index is -0.198. The minimum absolute atomic E-state index is 0.198. The molecule has 19 heavy (non-hydrogen) atoms. The first-order chi connectivity index (χ1) is 9.08. The third-order valence-corrected chi connectivity index (χ3v) is 3.56. The van der Waals surface area contributed by atoms with Gasteiger partial charge in [0.1, 0.15) is 5.82 Å². The van der Waals surface area contributed by atoms with Crippen LogP contribution in [0.15, 0.2) is 58.0 Å². The Morgan fingerprint density at radius 2 is 1.79 bits per heavy atom. The number of hydrogen-bond donors (Lipinski definition) is 2. The Kier molecular flexibility index (Phi) is 4.66. The Bertz CT molecular complexity index is 655. The van der Waals surface area contributed by atoms with Gasteiger partial charge in [-0.1, -0.05) is 23.8 Å². The standard InChI is InChI=1S/C8H5BrFN.C7H8S/c9-5-4-11-7-3-1-2-6(10)8(5)7;1-6-2-4-7(8)5-3-6/h1-4,11H;2-5,8H,1H3. The zero-order chi connectivity index (χ0) is 13.8. The summed E-state index contributed by atoms with van der Waals surface area (Å²) in [6.45, 7) is 2.06. The lowest BCUT2D eigenvalue weighted by Gasteiger charge is -1.90. The summed E-state index contributed by atoms with van der Waals surface area (Å²) in [6, 6.07) is 13.0. The van der Waals surface area contributed by atoms with Gasteiger partial charge in [0.05, 0.1) is 0 Å². The number of thiol groups is 1. The van der Waals surface area contributed by atoms with E-state index in [0.29, 0.717) is 5.39 Å². The molecule has 3 rings (SSSR count). The van der Waals surface area contributed by atoms with Crippen molar-refractivity contribution in [3.05, 3.63) is 64.5 Å². The van der Waals surface area contributed by atoms with Crippen molar-refractivity contribution in [1.29, 1.82) is 0 Å². The number of fused-ring (bicyclic) bond motifs is 1. The summed E-state index contributed by atoms with van der Waals surface area (Å²) < 4.78 is 13.8. The highest BCUT2D eigenvalue weighted by molar-refractivity contribution is 9.10. The third kappa shape index (κ3) is 3.61. The molecule has 0 unspecified atom stereocenters. The van der Waals surface area contributed by atoms with E-state index < -0.39 is 0 Å². The van der Waals surface area contributed by atoms with Crippen molar-refractivity contribution in [3.63, 3.8) is 0 Å². The summed E-state index contributed by atoms with van der Waals surface area (Å²) in [5.41, 5.74) is 2.10. The first-order valence-corrected chi connectivity index (χ1v) is 6.98. The molecule has 0 saturated carbocycles. The van der Waals surface area contributed by atoms with E-state index >= 15 is 0 Å². The molecular weight excluding hydrogens is 325 g/mol. The third-order valence-electron chi connectivity index (χ3n) is 2.64. The Morgan fingerprint density at radius 1 is 1.11 bits per heavy atom. The first kappa shape index (κ1) is 14.2. The molecule has 0 amide bonds. The Balaban J connectivity index is 0.000000148. The topological polar surface area (TPSA) is 15.8 Å². The van der Waals surface area contributed by atoms with Gasteiger partial charge in [0, 0.05) is 26.5 Å². The number of benzene rings is 2. The second-order valence-corrected chi connectivity index (χ2v) is 5.51. The van der Waals surface area contributed by atoms with Crippen LogP contribution in [-0.2, 0) is 0 Å². The Labute approximate surface area is 125 Å². The van der Waals surface area contributed by atoms with Crippen LogP contribution in [0.3, 0.4) is 0 Å². The summed E-state index contributed by atoms with van der Waals surface area (Å²) in [5, 5.41) is 0.618. The smallest absolute Gasteiger partial charge is 0.133 e. The summed E-state index contributed by atoms with van der Waals surface area (Å²) in [6.07, 6.45) is 1.73. The van der Waals surface area contributed by atoms with Crippen molar-refractivity contribution in [2.75, 3.05) is 0 Å². The molecule has 2 aromatic carbocycles. The van der Waals surface area contributed by atoms with Crippen molar-refractivity contribution >= 4 is 39.5 Å². The molecule has 1 heterocycles. The van der Waals surface area contributed by atoms with Crippen LogP contribution in [-0.4, -0.2) is 4.98 Å². The maximum absolute atomic E-state index is 13.0. The fraction of sp³-hybridized carbons (Fsp3) is 0.0667. The van der Waals surface area contributed by atoms with Crippen LogP contribution in [0.5, 0.6) is 0 Å². The highest BCUT2D eigenvalue weighted by atomic mass is 79.9. The van der Waals surface area contributed by atoms with Gasteiger partial charge in [-0.25, -0.2) is 4.39 Å². The van der Waals surface area contributed by atoms with Gasteiger partial charge in [0.25, 0.3) is 0 Å². The van der Waals surface area contributed by atoms with Gasteiger partial charge in [-0.2, -0.15) is 0 Å². The second kappa shape index (κ2) is 6.26. The maximum atomic E-state index is 13.0. The maximum Gasteiger partial charge on any atom is 0.133 e. The van der Waals surface area contributed by atoms with E-state index in [-0.39, 0.29) is 5.82 Å². The lowest BCUT2D eigenvalue weighted by Crippen LogP contribution is -1.73. The monoisotopic (exact) mass is 337 g/mol. The van der Waals surface area contributed by atoms with Crippen molar-refractivity contribution in [1.82, 2.24) is 4.98 Å². The molecular formula is C15H13BrFNS. The molecule has 0 aliphatic heterocycles. The van der Waals surface area contributed by atoms with Crippen molar-refractivity contribution < 1.29 is 4.39 Å². The van der Waals surface area contributed by atoms with E-state index in [2.05, 4.69) is 40.5 Å². The number of aromatic nitrogens is 1. The number of halogens is 2. The molecule has 3 aromatic rings.